The first-order chi connectivity index (χ1) is 12.6. The normalized spacial score (nSPS) is 12.3. The molecular weight excluding hydrogens is 326 g/mol. The standard InChI is InChI=1S/C22H25NO3/c1-15(2)12-19-21(16(3)26-14-24)22-18(23-19)10-7-11-20(22)25-13-17-8-5-4-6-9-17/h4-11,14-16,23H,12-13H2,1-3H3. The summed E-state index contributed by atoms with van der Waals surface area (Å²) in [5, 5.41) is 0.994. The topological polar surface area (TPSA) is 51.3 Å². The molecule has 0 amide bonds. The Morgan fingerprint density at radius 2 is 1.81 bits per heavy atom. The van der Waals surface area contributed by atoms with Crippen LogP contribution in [0.4, 0.5) is 0 Å². The third-order valence-electron chi connectivity index (χ3n) is 4.42. The molecule has 1 N–H and O–H groups in total. The molecule has 26 heavy (non-hydrogen) atoms. The smallest absolute Gasteiger partial charge is 0.293 e. The molecule has 0 aliphatic rings. The number of hydrogen-bond acceptors (Lipinski definition) is 3. The van der Waals surface area contributed by atoms with Crippen molar-refractivity contribution >= 4 is 17.4 Å². The van der Waals surface area contributed by atoms with Crippen molar-refractivity contribution in [2.75, 3.05) is 0 Å². The van der Waals surface area contributed by atoms with E-state index in [9.17, 15) is 4.79 Å². The summed E-state index contributed by atoms with van der Waals surface area (Å²) in [6, 6.07) is 16.1. The maximum atomic E-state index is 10.9. The molecule has 0 spiro atoms. The van der Waals surface area contributed by atoms with Crippen LogP contribution in [0.25, 0.3) is 10.9 Å². The Hall–Kier alpha value is -2.75. The van der Waals surface area contributed by atoms with Gasteiger partial charge in [-0.2, -0.15) is 0 Å². The van der Waals surface area contributed by atoms with Crippen LogP contribution < -0.4 is 4.74 Å². The molecule has 1 unspecified atom stereocenters. The third kappa shape index (κ3) is 3.90. The van der Waals surface area contributed by atoms with Gasteiger partial charge in [-0.1, -0.05) is 50.2 Å². The van der Waals surface area contributed by atoms with E-state index in [-0.39, 0.29) is 6.10 Å². The Morgan fingerprint density at radius 3 is 2.50 bits per heavy atom. The highest BCUT2D eigenvalue weighted by Crippen LogP contribution is 2.37. The second kappa shape index (κ2) is 8.09. The van der Waals surface area contributed by atoms with Crippen LogP contribution in [0.3, 0.4) is 0 Å². The fourth-order valence-corrected chi connectivity index (χ4v) is 3.32. The SMILES string of the molecule is CC(C)Cc1[nH]c2cccc(OCc3ccccc3)c2c1C(C)OC=O. The fourth-order valence-electron chi connectivity index (χ4n) is 3.32. The summed E-state index contributed by atoms with van der Waals surface area (Å²) in [6.45, 7) is 7.25. The quantitative estimate of drug-likeness (QED) is 0.569. The van der Waals surface area contributed by atoms with Crippen molar-refractivity contribution in [2.24, 2.45) is 5.92 Å². The summed E-state index contributed by atoms with van der Waals surface area (Å²) in [5.41, 5.74) is 4.22. The fraction of sp³-hybridized carbons (Fsp3) is 0.318. The molecule has 1 heterocycles. The molecule has 0 bridgehead atoms. The molecule has 4 heteroatoms. The summed E-state index contributed by atoms with van der Waals surface area (Å²) < 4.78 is 11.4. The maximum Gasteiger partial charge on any atom is 0.293 e. The van der Waals surface area contributed by atoms with Gasteiger partial charge < -0.3 is 14.5 Å². The molecule has 3 aromatic rings. The summed E-state index contributed by atoms with van der Waals surface area (Å²) in [4.78, 5) is 14.4. The van der Waals surface area contributed by atoms with E-state index in [1.165, 1.54) is 0 Å². The molecule has 0 radical (unpaired) electrons. The number of hydrogen-bond donors (Lipinski definition) is 1. The summed E-state index contributed by atoms with van der Waals surface area (Å²) in [5.74, 6) is 1.29. The van der Waals surface area contributed by atoms with E-state index >= 15 is 0 Å². The van der Waals surface area contributed by atoms with Crippen LogP contribution in [0.2, 0.25) is 0 Å². The second-order valence-electron chi connectivity index (χ2n) is 6.94. The molecule has 2 aromatic carbocycles. The number of nitrogens with one attached hydrogen (secondary N) is 1. The van der Waals surface area contributed by atoms with Crippen molar-refractivity contribution in [3.05, 3.63) is 65.4 Å². The van der Waals surface area contributed by atoms with E-state index in [0.717, 1.165) is 39.9 Å². The number of ether oxygens (including phenoxy) is 2. The van der Waals surface area contributed by atoms with Gasteiger partial charge in [-0.3, -0.25) is 4.79 Å². The number of rotatable bonds is 8. The highest BCUT2D eigenvalue weighted by Gasteiger charge is 2.22. The van der Waals surface area contributed by atoms with Gasteiger partial charge in [0.05, 0.1) is 0 Å². The summed E-state index contributed by atoms with van der Waals surface area (Å²) in [6.07, 6.45) is 0.547. The molecule has 1 aromatic heterocycles. The second-order valence-corrected chi connectivity index (χ2v) is 6.94. The molecule has 3 rings (SSSR count). The summed E-state index contributed by atoms with van der Waals surface area (Å²) in [7, 11) is 0. The van der Waals surface area contributed by atoms with Crippen LogP contribution in [0.1, 0.15) is 43.7 Å². The molecule has 0 saturated heterocycles. The van der Waals surface area contributed by atoms with E-state index in [2.05, 4.69) is 18.8 Å². The molecular formula is C22H25NO3. The van der Waals surface area contributed by atoms with E-state index in [1.807, 2.05) is 55.5 Å². The molecule has 0 fully saturated rings. The van der Waals surface area contributed by atoms with Gasteiger partial charge in [0, 0.05) is 22.2 Å². The van der Waals surface area contributed by atoms with Crippen LogP contribution in [0.5, 0.6) is 5.75 Å². The molecule has 0 aliphatic carbocycles. The van der Waals surface area contributed by atoms with Crippen LogP contribution in [0, 0.1) is 5.92 Å². The highest BCUT2D eigenvalue weighted by molar-refractivity contribution is 5.91. The third-order valence-corrected chi connectivity index (χ3v) is 4.42. The minimum atomic E-state index is -0.337. The Kier molecular flexibility index (Phi) is 5.61. The lowest BCUT2D eigenvalue weighted by Gasteiger charge is -2.15. The number of fused-ring (bicyclic) bond motifs is 1. The average Bonchev–Trinajstić information content (AvgIpc) is 2.98. The predicted octanol–water partition coefficient (Wildman–Crippen LogP) is 5.18. The van der Waals surface area contributed by atoms with Crippen LogP contribution >= 0.6 is 0 Å². The first kappa shape index (κ1) is 18.1. The van der Waals surface area contributed by atoms with Gasteiger partial charge in [-0.15, -0.1) is 0 Å². The minimum absolute atomic E-state index is 0.337. The van der Waals surface area contributed by atoms with Gasteiger partial charge in [0.1, 0.15) is 18.5 Å². The van der Waals surface area contributed by atoms with Crippen molar-refractivity contribution in [1.82, 2.24) is 4.98 Å². The zero-order chi connectivity index (χ0) is 18.5. The van der Waals surface area contributed by atoms with Gasteiger partial charge in [0.25, 0.3) is 6.47 Å². The monoisotopic (exact) mass is 351 g/mol. The van der Waals surface area contributed by atoms with Crippen molar-refractivity contribution in [3.63, 3.8) is 0 Å². The van der Waals surface area contributed by atoms with Gasteiger partial charge in [0.15, 0.2) is 0 Å². The van der Waals surface area contributed by atoms with Crippen molar-refractivity contribution in [2.45, 2.75) is 39.9 Å². The van der Waals surface area contributed by atoms with Gasteiger partial charge in [0.2, 0.25) is 0 Å². The molecule has 4 nitrogen and oxygen atoms in total. The lowest BCUT2D eigenvalue weighted by atomic mass is 9.99. The van der Waals surface area contributed by atoms with E-state index in [0.29, 0.717) is 19.0 Å². The van der Waals surface area contributed by atoms with E-state index < -0.39 is 0 Å². The van der Waals surface area contributed by atoms with Crippen LogP contribution in [-0.2, 0) is 22.6 Å². The van der Waals surface area contributed by atoms with Crippen molar-refractivity contribution < 1.29 is 14.3 Å². The van der Waals surface area contributed by atoms with Crippen molar-refractivity contribution in [1.29, 1.82) is 0 Å². The minimum Gasteiger partial charge on any atom is -0.488 e. The highest BCUT2D eigenvalue weighted by atomic mass is 16.5. The lowest BCUT2D eigenvalue weighted by Crippen LogP contribution is -2.05. The number of aromatic nitrogens is 1. The number of carbonyl (C=O) groups excluding carboxylic acids is 1. The largest absolute Gasteiger partial charge is 0.488 e. The summed E-state index contributed by atoms with van der Waals surface area (Å²) >= 11 is 0. The lowest BCUT2D eigenvalue weighted by molar-refractivity contribution is -0.133. The maximum absolute atomic E-state index is 10.9. The number of benzene rings is 2. The average molecular weight is 351 g/mol. The molecule has 1 atom stereocenters. The van der Waals surface area contributed by atoms with Crippen molar-refractivity contribution in [3.8, 4) is 5.75 Å². The van der Waals surface area contributed by atoms with Gasteiger partial charge >= 0.3 is 0 Å². The van der Waals surface area contributed by atoms with Crippen LogP contribution in [0.15, 0.2) is 48.5 Å². The Balaban J connectivity index is 2.02. The molecule has 0 aliphatic heterocycles. The Labute approximate surface area is 154 Å². The molecule has 136 valence electrons. The molecule has 0 saturated carbocycles. The number of aromatic amines is 1. The Bertz CT molecular complexity index is 868. The first-order valence-corrected chi connectivity index (χ1v) is 8.99. The predicted molar refractivity (Wildman–Crippen MR) is 103 cm³/mol. The number of carbonyl (C=O) groups is 1. The zero-order valence-electron chi connectivity index (χ0n) is 15.5. The zero-order valence-corrected chi connectivity index (χ0v) is 15.5. The van der Waals surface area contributed by atoms with E-state index in [1.54, 1.807) is 0 Å². The van der Waals surface area contributed by atoms with E-state index in [4.69, 9.17) is 9.47 Å². The van der Waals surface area contributed by atoms with Crippen LogP contribution in [-0.4, -0.2) is 11.5 Å². The number of H-pyrrole nitrogens is 1. The first-order valence-electron chi connectivity index (χ1n) is 8.99. The van der Waals surface area contributed by atoms with Gasteiger partial charge in [-0.05, 0) is 37.0 Å². The Morgan fingerprint density at radius 1 is 1.04 bits per heavy atom. The van der Waals surface area contributed by atoms with Gasteiger partial charge in [-0.25, -0.2) is 0 Å².